The number of Topliss-reactive ketones (excluding diaryl/α,β-unsaturated/α-hetero) is 1. The molecule has 0 aromatic heterocycles. The summed E-state index contributed by atoms with van der Waals surface area (Å²) in [5.74, 6) is -5.51. The predicted octanol–water partition coefficient (Wildman–Crippen LogP) is 0.0686. The van der Waals surface area contributed by atoms with Crippen molar-refractivity contribution in [1.29, 1.82) is 0 Å². The number of phenolic OH excluding ortho intramolecular Hbond substituents is 2. The minimum atomic E-state index is -2.36. The lowest BCUT2D eigenvalue weighted by Gasteiger charge is -2.43. The first-order valence-corrected chi connectivity index (χ1v) is 16.5. The largest absolute Gasteiger partial charge is 0.507 e. The number of methoxy groups -OCH3 is 1. The highest BCUT2D eigenvalue weighted by molar-refractivity contribution is 6.31. The zero-order valence-electron chi connectivity index (χ0n) is 29.2. The maximum absolute atomic E-state index is 13.9. The number of amides is 2. The molecule has 0 spiro atoms. The second-order valence-corrected chi connectivity index (χ2v) is 13.6. The lowest BCUT2D eigenvalue weighted by atomic mass is 9.72. The summed E-state index contributed by atoms with van der Waals surface area (Å²) in [6.07, 6.45) is -6.42. The van der Waals surface area contributed by atoms with Crippen molar-refractivity contribution in [2.75, 3.05) is 13.7 Å². The normalized spacial score (nSPS) is 26.2. The van der Waals surface area contributed by atoms with E-state index in [9.17, 15) is 49.5 Å². The van der Waals surface area contributed by atoms with Crippen LogP contribution in [0.1, 0.15) is 89.6 Å². The summed E-state index contributed by atoms with van der Waals surface area (Å²) in [4.78, 5) is 66.0. The molecule has 2 aromatic rings. The van der Waals surface area contributed by atoms with Crippen molar-refractivity contribution in [2.45, 2.75) is 95.3 Å². The molecule has 2 aliphatic carbocycles. The summed E-state index contributed by atoms with van der Waals surface area (Å²) in [5, 5.41) is 60.6. The standard InChI is InChI=1S/C35H43N3O13.ClH/c1-13(2)27(36)34(47)37-14(3)33(46)38-18-9-22(50-15(4)28(18)41)51-20-11-35(48,21(40)12-39)10-17-24(20)32(45)26-25(30(17)43)29(42)16-7-6-8-19(49-5)23(16)31(26)44;/h6-8,13-15,18,20,22,27-28,39,41,43,45,48H,9-12,36H2,1-5H3,(H,37,47)(H,38,46);1H/t14-,15-,18-,20-,22-,27-,28+,35-;/m0./s1. The van der Waals surface area contributed by atoms with Gasteiger partial charge in [-0.3, -0.25) is 24.0 Å². The van der Waals surface area contributed by atoms with Gasteiger partial charge in [0.15, 0.2) is 17.9 Å². The molecule has 2 aromatic carbocycles. The SMILES string of the molecule is COc1cccc2c1C(=O)c1c(O)c3c(c(O)c1C2=O)C[C@@](O)(C(=O)CO)C[C@@H]3O[C@H]1C[C@H](NC(=O)[C@H](C)NC(=O)[C@@H](N)C(C)C)[C@H](O)[C@H](C)O1.Cl. The molecule has 284 valence electrons. The molecule has 0 bridgehead atoms. The van der Waals surface area contributed by atoms with Crippen molar-refractivity contribution in [3.63, 3.8) is 0 Å². The number of ketones is 3. The average molecular weight is 750 g/mol. The number of nitrogens with two attached hydrogens (primary N) is 1. The van der Waals surface area contributed by atoms with Crippen molar-refractivity contribution < 1.29 is 63.7 Å². The number of fused-ring (bicyclic) bond motifs is 3. The van der Waals surface area contributed by atoms with E-state index in [1.54, 1.807) is 13.8 Å². The van der Waals surface area contributed by atoms with Gasteiger partial charge in [-0.05, 0) is 25.8 Å². The Kier molecular flexibility index (Phi) is 12.1. The molecule has 0 radical (unpaired) electrons. The summed E-state index contributed by atoms with van der Waals surface area (Å²) in [6.45, 7) is 5.36. The third kappa shape index (κ3) is 7.11. The van der Waals surface area contributed by atoms with Crippen LogP contribution < -0.4 is 21.1 Å². The highest BCUT2D eigenvalue weighted by Gasteiger charge is 2.50. The van der Waals surface area contributed by atoms with Crippen LogP contribution in [0.3, 0.4) is 0 Å². The molecule has 0 saturated carbocycles. The topological polar surface area (TPSA) is 264 Å². The number of hydrogen-bond acceptors (Lipinski definition) is 14. The van der Waals surface area contributed by atoms with Crippen LogP contribution >= 0.6 is 12.4 Å². The Bertz CT molecular complexity index is 1780. The fourth-order valence-electron chi connectivity index (χ4n) is 6.84. The predicted molar refractivity (Wildman–Crippen MR) is 183 cm³/mol. The Morgan fingerprint density at radius 1 is 1.06 bits per heavy atom. The molecule has 3 aliphatic rings. The Morgan fingerprint density at radius 2 is 1.71 bits per heavy atom. The average Bonchev–Trinajstić information content (AvgIpc) is 3.09. The second kappa shape index (κ2) is 15.4. The fraction of sp³-hybridized carbons (Fsp3) is 0.514. The van der Waals surface area contributed by atoms with Gasteiger partial charge in [0, 0.05) is 36.0 Å². The van der Waals surface area contributed by atoms with E-state index in [4.69, 9.17) is 19.9 Å². The maximum Gasteiger partial charge on any atom is 0.242 e. The Morgan fingerprint density at radius 3 is 2.33 bits per heavy atom. The number of nitrogens with one attached hydrogen (secondary N) is 2. The monoisotopic (exact) mass is 749 g/mol. The van der Waals surface area contributed by atoms with E-state index in [-0.39, 0.29) is 52.7 Å². The van der Waals surface area contributed by atoms with Gasteiger partial charge in [-0.25, -0.2) is 0 Å². The van der Waals surface area contributed by atoms with Gasteiger partial charge in [-0.2, -0.15) is 0 Å². The first-order valence-electron chi connectivity index (χ1n) is 16.5. The van der Waals surface area contributed by atoms with Crippen LogP contribution in [0.5, 0.6) is 17.2 Å². The Hall–Kier alpha value is -4.16. The molecule has 2 amide bonds. The lowest BCUT2D eigenvalue weighted by molar-refractivity contribution is -0.249. The molecule has 1 saturated heterocycles. The first-order chi connectivity index (χ1) is 23.9. The Balaban J connectivity index is 0.00000605. The van der Waals surface area contributed by atoms with Gasteiger partial charge < -0.3 is 56.1 Å². The van der Waals surface area contributed by atoms with E-state index >= 15 is 0 Å². The summed E-state index contributed by atoms with van der Waals surface area (Å²) in [7, 11) is 1.30. The fourth-order valence-corrected chi connectivity index (χ4v) is 6.84. The highest BCUT2D eigenvalue weighted by Crippen LogP contribution is 2.52. The van der Waals surface area contributed by atoms with Crippen molar-refractivity contribution in [2.24, 2.45) is 11.7 Å². The van der Waals surface area contributed by atoms with E-state index < -0.39 is 120 Å². The number of hydrogen-bond donors (Lipinski definition) is 8. The van der Waals surface area contributed by atoms with Crippen LogP contribution in [0.15, 0.2) is 18.2 Å². The van der Waals surface area contributed by atoms with Crippen LogP contribution in [-0.4, -0.2) is 111 Å². The van der Waals surface area contributed by atoms with Gasteiger partial charge in [0.25, 0.3) is 0 Å². The van der Waals surface area contributed by atoms with Crippen LogP contribution in [0, 0.1) is 5.92 Å². The lowest BCUT2D eigenvalue weighted by Crippen LogP contribution is -2.59. The number of phenols is 2. The number of ether oxygens (including phenoxy) is 3. The van der Waals surface area contributed by atoms with E-state index in [2.05, 4.69) is 10.6 Å². The molecule has 9 N–H and O–H groups in total. The molecule has 8 atom stereocenters. The quantitative estimate of drug-likeness (QED) is 0.128. The number of carbonyl (C=O) groups excluding carboxylic acids is 5. The van der Waals surface area contributed by atoms with E-state index in [1.807, 2.05) is 0 Å². The number of benzene rings is 2. The van der Waals surface area contributed by atoms with Gasteiger partial charge in [-0.15, -0.1) is 12.4 Å². The zero-order chi connectivity index (χ0) is 37.7. The number of aromatic hydroxyl groups is 2. The maximum atomic E-state index is 13.9. The van der Waals surface area contributed by atoms with Gasteiger partial charge >= 0.3 is 0 Å². The van der Waals surface area contributed by atoms with Crippen molar-refractivity contribution in [3.05, 3.63) is 51.6 Å². The molecule has 16 nitrogen and oxygen atoms in total. The molecule has 5 rings (SSSR count). The molecule has 17 heteroatoms. The summed E-state index contributed by atoms with van der Waals surface area (Å²) >= 11 is 0. The van der Waals surface area contributed by atoms with E-state index in [0.29, 0.717) is 0 Å². The minimum absolute atomic E-state index is 0. The van der Waals surface area contributed by atoms with E-state index in [0.717, 1.165) is 0 Å². The van der Waals surface area contributed by atoms with Crippen molar-refractivity contribution in [3.8, 4) is 17.2 Å². The Labute approximate surface area is 305 Å². The molecule has 1 aliphatic heterocycles. The van der Waals surface area contributed by atoms with Gasteiger partial charge in [0.2, 0.25) is 17.6 Å². The molecular formula is C35H44ClN3O13. The van der Waals surface area contributed by atoms with Gasteiger partial charge in [-0.1, -0.05) is 26.0 Å². The summed E-state index contributed by atoms with van der Waals surface area (Å²) < 4.78 is 17.4. The van der Waals surface area contributed by atoms with Gasteiger partial charge in [0.05, 0.1) is 48.1 Å². The van der Waals surface area contributed by atoms with Crippen molar-refractivity contribution in [1.82, 2.24) is 10.6 Å². The second-order valence-electron chi connectivity index (χ2n) is 13.6. The third-order valence-electron chi connectivity index (χ3n) is 9.86. The van der Waals surface area contributed by atoms with Crippen LogP contribution in [0.4, 0.5) is 0 Å². The molecular weight excluding hydrogens is 706 g/mol. The van der Waals surface area contributed by atoms with E-state index in [1.165, 1.54) is 39.2 Å². The number of aliphatic hydroxyl groups is 3. The summed E-state index contributed by atoms with van der Waals surface area (Å²) in [6, 6.07) is 1.40. The number of halogens is 1. The van der Waals surface area contributed by atoms with Crippen molar-refractivity contribution >= 4 is 41.6 Å². The first kappa shape index (κ1) is 40.6. The zero-order valence-corrected chi connectivity index (χ0v) is 30.0. The molecule has 1 heterocycles. The number of rotatable bonds is 10. The number of aliphatic hydroxyl groups excluding tert-OH is 2. The smallest absolute Gasteiger partial charge is 0.242 e. The van der Waals surface area contributed by atoms with Crippen LogP contribution in [0.2, 0.25) is 0 Å². The molecule has 1 fully saturated rings. The number of carbonyl (C=O) groups is 5. The summed E-state index contributed by atoms with van der Waals surface area (Å²) in [5.41, 5.74) is 1.74. The van der Waals surface area contributed by atoms with Crippen LogP contribution in [-0.2, 0) is 30.3 Å². The minimum Gasteiger partial charge on any atom is -0.507 e. The molecule has 0 unspecified atom stereocenters. The van der Waals surface area contributed by atoms with Crippen LogP contribution in [0.25, 0.3) is 0 Å². The van der Waals surface area contributed by atoms with Gasteiger partial charge in [0.1, 0.15) is 41.6 Å². The third-order valence-corrected chi connectivity index (χ3v) is 9.86. The highest BCUT2D eigenvalue weighted by atomic mass is 35.5. The molecule has 52 heavy (non-hydrogen) atoms.